The number of benzene rings is 2. The number of hydrogen-bond donors (Lipinski definition) is 1. The molecule has 0 aliphatic carbocycles. The highest BCUT2D eigenvalue weighted by Crippen LogP contribution is 2.33. The molecule has 0 bridgehead atoms. The molecule has 2 heterocycles. The Balaban J connectivity index is 1.57. The molecular formula is C21H17Cl2N5O2S. The predicted octanol–water partition coefficient (Wildman–Crippen LogP) is 5.44. The smallest absolute Gasteiger partial charge is 0.248 e. The maximum absolute atomic E-state index is 12.6. The van der Waals surface area contributed by atoms with E-state index in [-0.39, 0.29) is 5.91 Å². The van der Waals surface area contributed by atoms with Crippen LogP contribution in [0.2, 0.25) is 10.0 Å². The van der Waals surface area contributed by atoms with Crippen LogP contribution >= 0.6 is 34.5 Å². The Morgan fingerprint density at radius 3 is 2.74 bits per heavy atom. The van der Waals surface area contributed by atoms with Crippen LogP contribution in [0.4, 0.5) is 5.69 Å². The molecule has 0 radical (unpaired) electrons. The molecule has 0 fully saturated rings. The second-order valence-electron chi connectivity index (χ2n) is 6.71. The summed E-state index contributed by atoms with van der Waals surface area (Å²) in [7, 11) is 1.51. The molecule has 2 aromatic heterocycles. The number of carbonyl (C=O) groups is 1. The van der Waals surface area contributed by atoms with Crippen LogP contribution in [0.3, 0.4) is 0 Å². The molecule has 0 spiro atoms. The molecule has 0 saturated heterocycles. The van der Waals surface area contributed by atoms with Crippen molar-refractivity contribution >= 4 is 57.2 Å². The van der Waals surface area contributed by atoms with Crippen LogP contribution < -0.4 is 10.1 Å². The zero-order chi connectivity index (χ0) is 22.1. The van der Waals surface area contributed by atoms with Gasteiger partial charge in [-0.25, -0.2) is 0 Å². The van der Waals surface area contributed by atoms with Crippen LogP contribution in [0.5, 0.6) is 5.75 Å². The number of halogens is 2. The standard InChI is InChI=1S/C21H17Cl2N5O2S/c1-11-4-5-14(20-27-28-12(2)25-26-21(28)31-20)9-17(11)24-18(29)7-6-13-8-15(22)10-16(23)19(13)30-3/h4-10H,1-3H3,(H,24,29)/b7-6+. The summed E-state index contributed by atoms with van der Waals surface area (Å²) in [5, 5.41) is 17.2. The Kier molecular flexibility index (Phi) is 5.95. The van der Waals surface area contributed by atoms with E-state index in [9.17, 15) is 4.79 Å². The zero-order valence-corrected chi connectivity index (χ0v) is 19.1. The fourth-order valence-electron chi connectivity index (χ4n) is 2.98. The van der Waals surface area contributed by atoms with E-state index in [4.69, 9.17) is 27.9 Å². The van der Waals surface area contributed by atoms with E-state index < -0.39 is 0 Å². The fourth-order valence-corrected chi connectivity index (χ4v) is 4.45. The van der Waals surface area contributed by atoms with Crippen LogP contribution in [0.25, 0.3) is 21.6 Å². The first-order valence-electron chi connectivity index (χ1n) is 9.17. The Bertz CT molecular complexity index is 1330. The van der Waals surface area contributed by atoms with E-state index in [1.165, 1.54) is 24.5 Å². The van der Waals surface area contributed by atoms with E-state index >= 15 is 0 Å². The lowest BCUT2D eigenvalue weighted by Crippen LogP contribution is -2.09. The molecule has 0 aliphatic rings. The normalized spacial score (nSPS) is 11.4. The van der Waals surface area contributed by atoms with Gasteiger partial charge >= 0.3 is 0 Å². The number of carbonyl (C=O) groups excluding carboxylic acids is 1. The number of anilines is 1. The molecule has 1 amide bonds. The van der Waals surface area contributed by atoms with Gasteiger partial charge in [0.2, 0.25) is 10.9 Å². The minimum atomic E-state index is -0.299. The second kappa shape index (κ2) is 8.66. The van der Waals surface area contributed by atoms with Gasteiger partial charge in [0.05, 0.1) is 12.1 Å². The van der Waals surface area contributed by atoms with Gasteiger partial charge in [0.25, 0.3) is 0 Å². The van der Waals surface area contributed by atoms with Crippen molar-refractivity contribution < 1.29 is 9.53 Å². The number of hydrogen-bond acceptors (Lipinski definition) is 6. The van der Waals surface area contributed by atoms with Crippen molar-refractivity contribution in [2.24, 2.45) is 0 Å². The van der Waals surface area contributed by atoms with Gasteiger partial charge < -0.3 is 10.1 Å². The number of methoxy groups -OCH3 is 1. The summed E-state index contributed by atoms with van der Waals surface area (Å²) in [6.45, 7) is 3.77. The maximum atomic E-state index is 12.6. The Hall–Kier alpha value is -2.94. The number of nitrogens with one attached hydrogen (secondary N) is 1. The van der Waals surface area contributed by atoms with Gasteiger partial charge in [0.1, 0.15) is 10.8 Å². The predicted molar refractivity (Wildman–Crippen MR) is 124 cm³/mol. The number of aryl methyl sites for hydroxylation is 2. The lowest BCUT2D eigenvalue weighted by molar-refractivity contribution is -0.111. The molecular weight excluding hydrogens is 457 g/mol. The minimum Gasteiger partial charge on any atom is -0.495 e. The largest absolute Gasteiger partial charge is 0.495 e. The van der Waals surface area contributed by atoms with Crippen LogP contribution in [0.1, 0.15) is 17.0 Å². The van der Waals surface area contributed by atoms with Crippen LogP contribution in [-0.4, -0.2) is 32.8 Å². The topological polar surface area (TPSA) is 81.4 Å². The summed E-state index contributed by atoms with van der Waals surface area (Å²) in [5.41, 5.74) is 3.10. The first kappa shape index (κ1) is 21.3. The van der Waals surface area contributed by atoms with E-state index in [1.807, 2.05) is 32.0 Å². The molecule has 158 valence electrons. The molecule has 0 atom stereocenters. The van der Waals surface area contributed by atoms with Gasteiger partial charge in [-0.05, 0) is 43.7 Å². The Morgan fingerprint density at radius 2 is 2.00 bits per heavy atom. The molecule has 4 rings (SSSR count). The minimum absolute atomic E-state index is 0.299. The average Bonchev–Trinajstić information content (AvgIpc) is 3.30. The number of fused-ring (bicyclic) bond motifs is 1. The first-order valence-corrected chi connectivity index (χ1v) is 10.7. The van der Waals surface area contributed by atoms with Crippen LogP contribution in [0, 0.1) is 13.8 Å². The Labute approximate surface area is 192 Å². The third-order valence-corrected chi connectivity index (χ3v) is 5.99. The summed E-state index contributed by atoms with van der Waals surface area (Å²) < 4.78 is 7.00. The summed E-state index contributed by atoms with van der Waals surface area (Å²) >= 11 is 13.6. The number of rotatable bonds is 5. The fraction of sp³-hybridized carbons (Fsp3) is 0.143. The van der Waals surface area contributed by atoms with Gasteiger partial charge in [-0.2, -0.15) is 9.61 Å². The van der Waals surface area contributed by atoms with E-state index in [2.05, 4.69) is 20.6 Å². The molecule has 4 aromatic rings. The van der Waals surface area contributed by atoms with E-state index in [1.54, 1.807) is 22.7 Å². The van der Waals surface area contributed by atoms with Crippen molar-refractivity contribution in [1.29, 1.82) is 0 Å². The summed E-state index contributed by atoms with van der Waals surface area (Å²) in [5.74, 6) is 0.874. The number of aromatic nitrogens is 4. The lowest BCUT2D eigenvalue weighted by atomic mass is 10.1. The summed E-state index contributed by atoms with van der Waals surface area (Å²) in [4.78, 5) is 13.3. The van der Waals surface area contributed by atoms with Crippen LogP contribution in [-0.2, 0) is 4.79 Å². The van der Waals surface area contributed by atoms with Crippen molar-refractivity contribution in [2.45, 2.75) is 13.8 Å². The second-order valence-corrected chi connectivity index (χ2v) is 8.51. The van der Waals surface area contributed by atoms with Gasteiger partial charge in [-0.1, -0.05) is 46.7 Å². The van der Waals surface area contributed by atoms with Gasteiger partial charge in [-0.3, -0.25) is 4.79 Å². The quantitative estimate of drug-likeness (QED) is 0.390. The lowest BCUT2D eigenvalue weighted by Gasteiger charge is -2.09. The zero-order valence-electron chi connectivity index (χ0n) is 16.8. The van der Waals surface area contributed by atoms with Crippen molar-refractivity contribution in [3.8, 4) is 16.3 Å². The first-order chi connectivity index (χ1) is 14.9. The highest BCUT2D eigenvalue weighted by atomic mass is 35.5. The van der Waals surface area contributed by atoms with E-state index in [0.29, 0.717) is 27.0 Å². The molecule has 1 N–H and O–H groups in total. The van der Waals surface area contributed by atoms with Crippen molar-refractivity contribution in [1.82, 2.24) is 19.8 Å². The molecule has 7 nitrogen and oxygen atoms in total. The highest BCUT2D eigenvalue weighted by Gasteiger charge is 2.13. The number of ether oxygens (including phenoxy) is 1. The molecule has 31 heavy (non-hydrogen) atoms. The van der Waals surface area contributed by atoms with Crippen LogP contribution in [0.15, 0.2) is 36.4 Å². The maximum Gasteiger partial charge on any atom is 0.248 e. The van der Waals surface area contributed by atoms with Crippen molar-refractivity contribution in [3.05, 3.63) is 63.4 Å². The SMILES string of the molecule is COc1c(Cl)cc(Cl)cc1/C=C/C(=O)Nc1cc(-c2nn3c(C)nnc3s2)ccc1C. The van der Waals surface area contributed by atoms with Gasteiger partial charge in [0, 0.05) is 27.9 Å². The number of nitrogens with zero attached hydrogens (tertiary/aromatic N) is 4. The summed E-state index contributed by atoms with van der Waals surface area (Å²) in [6, 6.07) is 9.04. The molecule has 2 aromatic carbocycles. The van der Waals surface area contributed by atoms with E-state index in [0.717, 1.165) is 26.9 Å². The third-order valence-electron chi connectivity index (χ3n) is 4.54. The molecule has 0 saturated carbocycles. The highest BCUT2D eigenvalue weighted by molar-refractivity contribution is 7.19. The Morgan fingerprint density at radius 1 is 1.19 bits per heavy atom. The monoisotopic (exact) mass is 473 g/mol. The van der Waals surface area contributed by atoms with Crippen molar-refractivity contribution in [2.75, 3.05) is 12.4 Å². The van der Waals surface area contributed by atoms with Gasteiger partial charge in [-0.15, -0.1) is 10.2 Å². The molecule has 0 unspecified atom stereocenters. The number of amides is 1. The van der Waals surface area contributed by atoms with Gasteiger partial charge in [0.15, 0.2) is 5.82 Å². The molecule has 0 aliphatic heterocycles. The average molecular weight is 474 g/mol. The third kappa shape index (κ3) is 4.41. The summed E-state index contributed by atoms with van der Waals surface area (Å²) in [6.07, 6.45) is 3.01. The van der Waals surface area contributed by atoms with Crippen molar-refractivity contribution in [3.63, 3.8) is 0 Å². The molecule has 10 heteroatoms.